The summed E-state index contributed by atoms with van der Waals surface area (Å²) in [5.74, 6) is 0. The van der Waals surface area contributed by atoms with E-state index in [0.717, 1.165) is 5.56 Å². The molecule has 6 heteroatoms. The minimum Gasteiger partial charge on any atom is -0.327 e. The number of pyridine rings is 1. The molecule has 0 unspecified atom stereocenters. The molecule has 0 aliphatic carbocycles. The van der Waals surface area contributed by atoms with Crippen molar-refractivity contribution in [3.05, 3.63) is 54.8 Å². The van der Waals surface area contributed by atoms with Gasteiger partial charge in [-0.05, 0) is 29.3 Å². The Kier molecular flexibility index (Phi) is 3.69. The van der Waals surface area contributed by atoms with E-state index in [1.54, 1.807) is 12.1 Å². The molecule has 0 saturated heterocycles. The van der Waals surface area contributed by atoms with Crippen LogP contribution in [0, 0.1) is 0 Å². The third kappa shape index (κ3) is 2.61. The Labute approximate surface area is 117 Å². The van der Waals surface area contributed by atoms with Crippen LogP contribution >= 0.6 is 46.4 Å². The van der Waals surface area contributed by atoms with Crippen molar-refractivity contribution in [1.29, 1.82) is 0 Å². The molecule has 0 atom stereocenters. The van der Waals surface area contributed by atoms with Gasteiger partial charge < -0.3 is 4.98 Å². The van der Waals surface area contributed by atoms with Crippen LogP contribution in [0.1, 0.15) is 0 Å². The molecule has 0 saturated carbocycles. The first kappa shape index (κ1) is 12.8. The van der Waals surface area contributed by atoms with E-state index < -0.39 is 0 Å². The van der Waals surface area contributed by atoms with Crippen molar-refractivity contribution in [3.8, 4) is 11.1 Å². The number of H-pyrrole nitrogens is 1. The molecular weight excluding hydrogens is 304 g/mol. The third-order valence-electron chi connectivity index (χ3n) is 2.18. The van der Waals surface area contributed by atoms with Crippen molar-refractivity contribution in [2.75, 3.05) is 0 Å². The molecule has 1 N–H and O–H groups in total. The molecule has 17 heavy (non-hydrogen) atoms. The zero-order chi connectivity index (χ0) is 12.6. The molecule has 0 fully saturated rings. The van der Waals surface area contributed by atoms with Crippen molar-refractivity contribution in [2.24, 2.45) is 0 Å². The maximum absolute atomic E-state index is 11.1. The summed E-state index contributed by atoms with van der Waals surface area (Å²) in [4.78, 5) is 13.6. The SMILES string of the molecule is O=c1[nH]cc(-c2cc(Cl)c(Cl)c(Cl)c2)cc1Cl. The number of aromatic nitrogens is 1. The van der Waals surface area contributed by atoms with Crippen LogP contribution in [0.4, 0.5) is 0 Å². The number of hydrogen-bond acceptors (Lipinski definition) is 1. The normalized spacial score (nSPS) is 10.6. The predicted molar refractivity (Wildman–Crippen MR) is 72.5 cm³/mol. The lowest BCUT2D eigenvalue weighted by Gasteiger charge is -2.05. The standard InChI is InChI=1S/C11H5Cl4NO/c12-7-1-5(2-8(13)10(7)15)6-3-9(14)11(17)16-4-6/h1-4H,(H,16,17). The van der Waals surface area contributed by atoms with E-state index in [2.05, 4.69) is 4.98 Å². The van der Waals surface area contributed by atoms with Crippen LogP contribution in [-0.4, -0.2) is 4.98 Å². The van der Waals surface area contributed by atoms with Gasteiger partial charge in [0.15, 0.2) is 0 Å². The smallest absolute Gasteiger partial charge is 0.266 e. The third-order valence-corrected chi connectivity index (χ3v) is 3.65. The molecule has 88 valence electrons. The first-order chi connectivity index (χ1) is 7.99. The molecule has 0 bridgehead atoms. The van der Waals surface area contributed by atoms with Crippen LogP contribution < -0.4 is 5.56 Å². The lowest BCUT2D eigenvalue weighted by molar-refractivity contribution is 1.24. The molecular formula is C11H5Cl4NO. The summed E-state index contributed by atoms with van der Waals surface area (Å²) in [7, 11) is 0. The van der Waals surface area contributed by atoms with Crippen molar-refractivity contribution < 1.29 is 0 Å². The van der Waals surface area contributed by atoms with Gasteiger partial charge in [0.2, 0.25) is 0 Å². The molecule has 0 radical (unpaired) electrons. The molecule has 2 nitrogen and oxygen atoms in total. The molecule has 2 aromatic rings. The zero-order valence-corrected chi connectivity index (χ0v) is 11.3. The minimum atomic E-state index is -0.346. The van der Waals surface area contributed by atoms with Gasteiger partial charge in [-0.25, -0.2) is 0 Å². The molecule has 0 spiro atoms. The number of rotatable bonds is 1. The predicted octanol–water partition coefficient (Wildman–Crippen LogP) is 4.66. The minimum absolute atomic E-state index is 0.102. The summed E-state index contributed by atoms with van der Waals surface area (Å²) in [5.41, 5.74) is 1.08. The van der Waals surface area contributed by atoms with Crippen molar-refractivity contribution >= 4 is 46.4 Å². The van der Waals surface area contributed by atoms with Gasteiger partial charge in [0, 0.05) is 6.20 Å². The Balaban J connectivity index is 2.61. The van der Waals surface area contributed by atoms with Crippen LogP contribution in [0.5, 0.6) is 0 Å². The number of hydrogen-bond donors (Lipinski definition) is 1. The van der Waals surface area contributed by atoms with E-state index in [0.29, 0.717) is 20.6 Å². The van der Waals surface area contributed by atoms with Gasteiger partial charge in [0.1, 0.15) is 5.02 Å². The van der Waals surface area contributed by atoms with Gasteiger partial charge in [-0.2, -0.15) is 0 Å². The van der Waals surface area contributed by atoms with Crippen LogP contribution in [0.15, 0.2) is 29.2 Å². The summed E-state index contributed by atoms with van der Waals surface area (Å²) in [6.45, 7) is 0. The molecule has 2 rings (SSSR count). The first-order valence-corrected chi connectivity index (χ1v) is 6.03. The second-order valence-corrected chi connectivity index (χ2v) is 4.92. The molecule has 0 amide bonds. The van der Waals surface area contributed by atoms with Gasteiger partial charge in [-0.15, -0.1) is 0 Å². The summed E-state index contributed by atoms with van der Waals surface area (Å²) in [5, 5.41) is 1.09. The largest absolute Gasteiger partial charge is 0.327 e. The maximum Gasteiger partial charge on any atom is 0.266 e. The highest BCUT2D eigenvalue weighted by molar-refractivity contribution is 6.48. The molecule has 0 aliphatic rings. The van der Waals surface area contributed by atoms with Crippen molar-refractivity contribution in [1.82, 2.24) is 4.98 Å². The molecule has 1 aromatic heterocycles. The van der Waals surface area contributed by atoms with Crippen molar-refractivity contribution in [3.63, 3.8) is 0 Å². The van der Waals surface area contributed by atoms with Gasteiger partial charge >= 0.3 is 0 Å². The van der Waals surface area contributed by atoms with E-state index in [1.165, 1.54) is 12.3 Å². The molecule has 0 aliphatic heterocycles. The van der Waals surface area contributed by atoms with E-state index in [-0.39, 0.29) is 10.6 Å². The number of aromatic amines is 1. The van der Waals surface area contributed by atoms with Crippen LogP contribution in [0.25, 0.3) is 11.1 Å². The monoisotopic (exact) mass is 307 g/mol. The zero-order valence-electron chi connectivity index (χ0n) is 8.23. The number of benzene rings is 1. The highest BCUT2D eigenvalue weighted by atomic mass is 35.5. The summed E-state index contributed by atoms with van der Waals surface area (Å²) < 4.78 is 0. The topological polar surface area (TPSA) is 32.9 Å². The summed E-state index contributed by atoms with van der Waals surface area (Å²) in [6.07, 6.45) is 1.53. The summed E-state index contributed by atoms with van der Waals surface area (Å²) >= 11 is 23.4. The Morgan fingerprint density at radius 2 is 1.35 bits per heavy atom. The highest BCUT2D eigenvalue weighted by Gasteiger charge is 2.08. The van der Waals surface area contributed by atoms with Crippen LogP contribution in [0.3, 0.4) is 0 Å². The Bertz CT molecular complexity index is 613. The highest BCUT2D eigenvalue weighted by Crippen LogP contribution is 2.35. The molecule has 1 heterocycles. The van der Waals surface area contributed by atoms with E-state index in [4.69, 9.17) is 46.4 Å². The fourth-order valence-electron chi connectivity index (χ4n) is 1.34. The van der Waals surface area contributed by atoms with Gasteiger partial charge in [0.05, 0.1) is 15.1 Å². The van der Waals surface area contributed by atoms with Crippen molar-refractivity contribution in [2.45, 2.75) is 0 Å². The fourth-order valence-corrected chi connectivity index (χ4v) is 2.11. The van der Waals surface area contributed by atoms with Gasteiger partial charge in [-0.3, -0.25) is 4.79 Å². The molecule has 1 aromatic carbocycles. The average Bonchev–Trinajstić information content (AvgIpc) is 2.29. The van der Waals surface area contributed by atoms with E-state index in [9.17, 15) is 4.79 Å². The van der Waals surface area contributed by atoms with E-state index in [1.807, 2.05) is 0 Å². The lowest BCUT2D eigenvalue weighted by atomic mass is 10.1. The maximum atomic E-state index is 11.1. The Morgan fingerprint density at radius 3 is 1.88 bits per heavy atom. The Hall–Kier alpha value is -0.670. The van der Waals surface area contributed by atoms with Gasteiger partial charge in [0.25, 0.3) is 5.56 Å². The van der Waals surface area contributed by atoms with Crippen LogP contribution in [-0.2, 0) is 0 Å². The lowest BCUT2D eigenvalue weighted by Crippen LogP contribution is -2.04. The second kappa shape index (κ2) is 4.91. The quantitative estimate of drug-likeness (QED) is 0.764. The van der Waals surface area contributed by atoms with E-state index >= 15 is 0 Å². The first-order valence-electron chi connectivity index (χ1n) is 4.52. The number of halogens is 4. The number of nitrogens with one attached hydrogen (secondary N) is 1. The van der Waals surface area contributed by atoms with Gasteiger partial charge in [-0.1, -0.05) is 46.4 Å². The average molecular weight is 309 g/mol. The summed E-state index contributed by atoms with van der Waals surface area (Å²) in [6, 6.07) is 4.84. The Morgan fingerprint density at radius 1 is 0.824 bits per heavy atom. The van der Waals surface area contributed by atoms with Crippen LogP contribution in [0.2, 0.25) is 20.1 Å². The second-order valence-electron chi connectivity index (χ2n) is 3.32. The fraction of sp³-hybridized carbons (Fsp3) is 0.